The van der Waals surface area contributed by atoms with Crippen molar-refractivity contribution in [3.8, 4) is 0 Å². The van der Waals surface area contributed by atoms with Crippen LogP contribution in [0, 0.1) is 0 Å². The predicted octanol–water partition coefficient (Wildman–Crippen LogP) is -0.577. The van der Waals surface area contributed by atoms with Crippen LogP contribution >= 0.6 is 17.2 Å². The van der Waals surface area contributed by atoms with E-state index in [1.54, 1.807) is 0 Å². The minimum Gasteiger partial charge on any atom is -0.328 e. The van der Waals surface area contributed by atoms with Gasteiger partial charge in [0.2, 0.25) is 0 Å². The molecule has 0 atom stereocenters. The van der Waals surface area contributed by atoms with Crippen molar-refractivity contribution in [1.82, 2.24) is 0 Å². The fraction of sp³-hybridized carbons (Fsp3) is 0. The molecule has 0 heterocycles. The van der Waals surface area contributed by atoms with Gasteiger partial charge in [-0.25, -0.2) is 4.31 Å². The normalized spacial score (nSPS) is 9.75. The zero-order chi connectivity index (χ0) is 5.86. The van der Waals surface area contributed by atoms with E-state index < -0.39 is 17.2 Å². The van der Waals surface area contributed by atoms with Crippen LogP contribution in [0.3, 0.4) is 0 Å². The van der Waals surface area contributed by atoms with Crippen molar-refractivity contribution in [2.75, 3.05) is 0 Å². The minimum atomic E-state index is -2.61. The van der Waals surface area contributed by atoms with Gasteiger partial charge in [0.25, 0.3) is 0 Å². The van der Waals surface area contributed by atoms with E-state index in [0.29, 0.717) is 0 Å². The summed E-state index contributed by atoms with van der Waals surface area (Å²) in [7, 11) is -5.22. The van der Waals surface area contributed by atoms with Gasteiger partial charge in [0.05, 0.1) is 0 Å². The van der Waals surface area contributed by atoms with E-state index >= 15 is 0 Å². The third-order valence-electron chi connectivity index (χ3n) is 0.146. The van der Waals surface area contributed by atoms with E-state index in [0.717, 1.165) is 0 Å². The summed E-state index contributed by atoms with van der Waals surface area (Å²) in [5.41, 5.74) is 0. The molecule has 0 unspecified atom stereocenters. The first-order valence-corrected chi connectivity index (χ1v) is 3.50. The van der Waals surface area contributed by atoms with Crippen molar-refractivity contribution < 1.29 is 43.4 Å². The first-order valence-electron chi connectivity index (χ1n) is 1.17. The number of rotatable bonds is 2. The Morgan fingerprint density at radius 3 is 1.12 bits per heavy atom. The molecule has 0 aromatic heterocycles. The van der Waals surface area contributed by atoms with Gasteiger partial charge in [-0.3, -0.25) is 0 Å². The predicted molar refractivity (Wildman–Crippen MR) is 23.8 cm³/mol. The summed E-state index contributed by atoms with van der Waals surface area (Å²) in [6.45, 7) is 0. The summed E-state index contributed by atoms with van der Waals surface area (Å²) in [5, 5.41) is 0. The molecule has 1 radical (unpaired) electrons. The fourth-order valence-electron chi connectivity index (χ4n) is 0.0653. The van der Waals surface area contributed by atoms with Crippen molar-refractivity contribution in [1.29, 1.82) is 0 Å². The molecule has 4 N–H and O–H groups in total. The van der Waals surface area contributed by atoms with Crippen LogP contribution in [0.15, 0.2) is 0 Å². The van der Waals surface area contributed by atoms with E-state index in [9.17, 15) is 0 Å². The maximum absolute atomic E-state index is 7.82. The fourth-order valence-corrected chi connectivity index (χ4v) is 0.588. The molecule has 0 amide bonds. The smallest absolute Gasteiger partial charge is 0.328 e. The second-order valence-corrected chi connectivity index (χ2v) is 2.25. The molecule has 0 aromatic carbocycles. The Morgan fingerprint density at radius 1 is 0.875 bits per heavy atom. The summed E-state index contributed by atoms with van der Waals surface area (Å²) < 4.78 is 3.60. The standard InChI is InChI=1S/H4O5P2.Rh/c1-6(2)5-7(3)4;/h1-4H;. The molecule has 0 rings (SSSR count). The third kappa shape index (κ3) is 10.3. The second-order valence-electron chi connectivity index (χ2n) is 0.587. The first kappa shape index (κ1) is 12.0. The molecule has 0 saturated carbocycles. The zero-order valence-electron chi connectivity index (χ0n) is 3.42. The molecule has 8 heavy (non-hydrogen) atoms. The summed E-state index contributed by atoms with van der Waals surface area (Å²) in [6.07, 6.45) is 0. The Bertz CT molecular complexity index is 39.7. The molecule has 0 bridgehead atoms. The second kappa shape index (κ2) is 6.40. The minimum absolute atomic E-state index is 0. The Labute approximate surface area is 61.1 Å². The van der Waals surface area contributed by atoms with Crippen LogP contribution < -0.4 is 0 Å². The van der Waals surface area contributed by atoms with E-state index in [2.05, 4.69) is 4.31 Å². The van der Waals surface area contributed by atoms with Crippen LogP contribution in [-0.4, -0.2) is 19.6 Å². The topological polar surface area (TPSA) is 90.2 Å². The van der Waals surface area contributed by atoms with Gasteiger partial charge in [-0.2, -0.15) is 0 Å². The van der Waals surface area contributed by atoms with Gasteiger partial charge in [0, 0.05) is 19.5 Å². The van der Waals surface area contributed by atoms with Gasteiger partial charge in [-0.05, 0) is 0 Å². The monoisotopic (exact) mass is 249 g/mol. The maximum atomic E-state index is 7.82. The van der Waals surface area contributed by atoms with Gasteiger partial charge < -0.3 is 19.6 Å². The molecular formula is H4O5P2Rh. The average molecular weight is 249 g/mol. The zero-order valence-corrected chi connectivity index (χ0v) is 6.85. The van der Waals surface area contributed by atoms with Crippen molar-refractivity contribution in [2.24, 2.45) is 0 Å². The molecular weight excluding hydrogens is 245 g/mol. The third-order valence-corrected chi connectivity index (χ3v) is 1.31. The van der Waals surface area contributed by atoms with Gasteiger partial charge in [0.1, 0.15) is 0 Å². The molecule has 0 aliphatic heterocycles. The summed E-state index contributed by atoms with van der Waals surface area (Å²) in [6, 6.07) is 0. The van der Waals surface area contributed by atoms with Crippen LogP contribution in [0.5, 0.6) is 0 Å². The van der Waals surface area contributed by atoms with Gasteiger partial charge >= 0.3 is 17.2 Å². The Morgan fingerprint density at radius 2 is 1.12 bits per heavy atom. The SMILES string of the molecule is OP(O)OP(O)O.[Rh]. The van der Waals surface area contributed by atoms with Crippen molar-refractivity contribution in [3.05, 3.63) is 0 Å². The van der Waals surface area contributed by atoms with Crippen molar-refractivity contribution >= 4 is 17.2 Å². The van der Waals surface area contributed by atoms with Gasteiger partial charge in [-0.15, -0.1) is 0 Å². The van der Waals surface area contributed by atoms with Crippen molar-refractivity contribution in [3.63, 3.8) is 0 Å². The van der Waals surface area contributed by atoms with Crippen LogP contribution in [-0.2, 0) is 23.8 Å². The number of hydrogen-bond acceptors (Lipinski definition) is 5. The Balaban J connectivity index is 0. The van der Waals surface area contributed by atoms with E-state index in [-0.39, 0.29) is 19.5 Å². The van der Waals surface area contributed by atoms with Crippen LogP contribution in [0.1, 0.15) is 0 Å². The molecule has 8 heteroatoms. The molecule has 0 aliphatic rings. The van der Waals surface area contributed by atoms with Crippen LogP contribution in [0.25, 0.3) is 0 Å². The van der Waals surface area contributed by atoms with E-state index in [1.807, 2.05) is 0 Å². The molecule has 5 nitrogen and oxygen atoms in total. The van der Waals surface area contributed by atoms with Crippen LogP contribution in [0.2, 0.25) is 0 Å². The molecule has 0 spiro atoms. The molecule has 0 aliphatic carbocycles. The number of hydrogen-bond donors (Lipinski definition) is 4. The Hall–Kier alpha value is 1.28. The largest absolute Gasteiger partial charge is 0.334 e. The molecule has 53 valence electrons. The van der Waals surface area contributed by atoms with E-state index in [4.69, 9.17) is 19.6 Å². The summed E-state index contributed by atoms with van der Waals surface area (Å²) >= 11 is 0. The molecule has 0 fully saturated rings. The van der Waals surface area contributed by atoms with E-state index in [1.165, 1.54) is 0 Å². The maximum Gasteiger partial charge on any atom is 0.334 e. The quantitative estimate of drug-likeness (QED) is 0.388. The first-order chi connectivity index (χ1) is 3.13. The summed E-state index contributed by atoms with van der Waals surface area (Å²) in [4.78, 5) is 31.3. The molecule has 0 aromatic rings. The van der Waals surface area contributed by atoms with Crippen LogP contribution in [0.4, 0.5) is 0 Å². The van der Waals surface area contributed by atoms with Crippen molar-refractivity contribution in [2.45, 2.75) is 0 Å². The molecule has 0 saturated heterocycles. The van der Waals surface area contributed by atoms with Gasteiger partial charge in [-0.1, -0.05) is 0 Å². The average Bonchev–Trinajstić information content (AvgIpc) is 1.27. The summed E-state index contributed by atoms with van der Waals surface area (Å²) in [5.74, 6) is 0. The van der Waals surface area contributed by atoms with Gasteiger partial charge in [0.15, 0.2) is 0 Å². The Kier molecular flexibility index (Phi) is 9.61.